The first-order chi connectivity index (χ1) is 10.1. The van der Waals surface area contributed by atoms with E-state index in [2.05, 4.69) is 6.92 Å². The molecule has 1 aliphatic heterocycles. The molecule has 0 bridgehead atoms. The summed E-state index contributed by atoms with van der Waals surface area (Å²) in [6.45, 7) is 2.75. The second-order valence-electron chi connectivity index (χ2n) is 6.10. The van der Waals surface area contributed by atoms with Crippen molar-refractivity contribution >= 4 is 11.9 Å². The molecule has 0 unspecified atom stereocenters. The highest BCUT2D eigenvalue weighted by molar-refractivity contribution is 5.83. The van der Waals surface area contributed by atoms with Crippen LogP contribution >= 0.6 is 0 Å². The highest BCUT2D eigenvalue weighted by Gasteiger charge is 2.46. The van der Waals surface area contributed by atoms with E-state index in [9.17, 15) is 14.7 Å². The fourth-order valence-electron chi connectivity index (χ4n) is 3.52. The lowest BCUT2D eigenvalue weighted by atomic mass is 9.90. The van der Waals surface area contributed by atoms with Crippen molar-refractivity contribution in [1.82, 2.24) is 4.90 Å². The predicted molar refractivity (Wildman–Crippen MR) is 78.7 cm³/mol. The van der Waals surface area contributed by atoms with Crippen LogP contribution in [-0.4, -0.2) is 28.4 Å². The Hall–Kier alpha value is -1.84. The standard InChI is InChI=1S/C17H21NO3/c1-2-11-9-14(11)17(21)18-8-7-12-5-3-4-6-13(12)15(18)10-16(19)20/h3-6,11,14-15H,2,7-10H2,1H3,(H,19,20)/t11-,14-,15-/m1/s1. The molecule has 1 aromatic rings. The van der Waals surface area contributed by atoms with Crippen LogP contribution < -0.4 is 0 Å². The summed E-state index contributed by atoms with van der Waals surface area (Å²) in [5, 5.41) is 9.21. The number of nitrogens with zero attached hydrogens (tertiary/aromatic N) is 1. The van der Waals surface area contributed by atoms with E-state index in [0.29, 0.717) is 12.5 Å². The molecule has 1 aromatic carbocycles. The van der Waals surface area contributed by atoms with E-state index in [-0.39, 0.29) is 24.3 Å². The number of amides is 1. The molecule has 1 saturated carbocycles. The first-order valence-electron chi connectivity index (χ1n) is 7.72. The van der Waals surface area contributed by atoms with Crippen LogP contribution in [0, 0.1) is 11.8 Å². The minimum absolute atomic E-state index is 0.00767. The van der Waals surface area contributed by atoms with Crippen molar-refractivity contribution in [2.24, 2.45) is 11.8 Å². The maximum atomic E-state index is 12.7. The van der Waals surface area contributed by atoms with Crippen LogP contribution in [0.25, 0.3) is 0 Å². The summed E-state index contributed by atoms with van der Waals surface area (Å²) in [4.78, 5) is 25.7. The van der Waals surface area contributed by atoms with Crippen molar-refractivity contribution in [1.29, 1.82) is 0 Å². The predicted octanol–water partition coefficient (Wildman–Crippen LogP) is 2.63. The second kappa shape index (κ2) is 5.51. The average molecular weight is 287 g/mol. The van der Waals surface area contributed by atoms with E-state index in [1.165, 1.54) is 5.56 Å². The Morgan fingerprint density at radius 3 is 2.76 bits per heavy atom. The number of fused-ring (bicyclic) bond motifs is 1. The lowest BCUT2D eigenvalue weighted by Crippen LogP contribution is -2.42. The van der Waals surface area contributed by atoms with E-state index in [1.807, 2.05) is 29.2 Å². The lowest BCUT2D eigenvalue weighted by molar-refractivity contribution is -0.142. The van der Waals surface area contributed by atoms with Gasteiger partial charge >= 0.3 is 5.97 Å². The number of rotatable bonds is 4. The molecule has 3 rings (SSSR count). The molecule has 1 fully saturated rings. The van der Waals surface area contributed by atoms with Crippen LogP contribution in [0.5, 0.6) is 0 Å². The van der Waals surface area contributed by atoms with Gasteiger partial charge in [0.05, 0.1) is 12.5 Å². The minimum Gasteiger partial charge on any atom is -0.481 e. The number of carbonyl (C=O) groups is 2. The molecule has 21 heavy (non-hydrogen) atoms. The van der Waals surface area contributed by atoms with Crippen LogP contribution in [0.15, 0.2) is 24.3 Å². The maximum absolute atomic E-state index is 12.7. The van der Waals surface area contributed by atoms with Gasteiger partial charge in [0.25, 0.3) is 0 Å². The first-order valence-corrected chi connectivity index (χ1v) is 7.72. The summed E-state index contributed by atoms with van der Waals surface area (Å²) in [6, 6.07) is 7.60. The molecule has 4 heteroatoms. The van der Waals surface area contributed by atoms with Crippen molar-refractivity contribution in [2.75, 3.05) is 6.54 Å². The molecule has 0 radical (unpaired) electrons. The Labute approximate surface area is 124 Å². The number of aliphatic carboxylic acids is 1. The fourth-order valence-corrected chi connectivity index (χ4v) is 3.52. The number of hydrogen-bond donors (Lipinski definition) is 1. The van der Waals surface area contributed by atoms with Gasteiger partial charge in [0.15, 0.2) is 0 Å². The normalized spacial score (nSPS) is 27.1. The average Bonchev–Trinajstić information content (AvgIpc) is 3.26. The number of benzene rings is 1. The van der Waals surface area contributed by atoms with Gasteiger partial charge in [-0.25, -0.2) is 0 Å². The van der Waals surface area contributed by atoms with Gasteiger partial charge in [0.1, 0.15) is 0 Å². The first kappa shape index (κ1) is 14.1. The third-order valence-electron chi connectivity index (χ3n) is 4.83. The maximum Gasteiger partial charge on any atom is 0.305 e. The summed E-state index contributed by atoms with van der Waals surface area (Å²) >= 11 is 0. The molecular weight excluding hydrogens is 266 g/mol. The van der Waals surface area contributed by atoms with E-state index in [0.717, 1.165) is 24.8 Å². The number of hydrogen-bond acceptors (Lipinski definition) is 2. The van der Waals surface area contributed by atoms with Gasteiger partial charge in [0.2, 0.25) is 5.91 Å². The summed E-state index contributed by atoms with van der Waals surface area (Å²) in [7, 11) is 0. The van der Waals surface area contributed by atoms with Crippen LogP contribution in [0.2, 0.25) is 0 Å². The number of carbonyl (C=O) groups excluding carboxylic acids is 1. The van der Waals surface area contributed by atoms with E-state index in [1.54, 1.807) is 0 Å². The quantitative estimate of drug-likeness (QED) is 0.926. The Morgan fingerprint density at radius 2 is 2.10 bits per heavy atom. The van der Waals surface area contributed by atoms with Gasteiger partial charge in [-0.3, -0.25) is 9.59 Å². The van der Waals surface area contributed by atoms with Crippen molar-refractivity contribution < 1.29 is 14.7 Å². The van der Waals surface area contributed by atoms with Gasteiger partial charge < -0.3 is 10.0 Å². The zero-order valence-electron chi connectivity index (χ0n) is 12.3. The monoisotopic (exact) mass is 287 g/mol. The van der Waals surface area contributed by atoms with Gasteiger partial charge in [-0.2, -0.15) is 0 Å². The van der Waals surface area contributed by atoms with Crippen LogP contribution in [0.4, 0.5) is 0 Å². The molecule has 0 saturated heterocycles. The molecular formula is C17H21NO3. The molecule has 1 heterocycles. The van der Waals surface area contributed by atoms with Gasteiger partial charge in [-0.1, -0.05) is 37.6 Å². The van der Waals surface area contributed by atoms with Crippen molar-refractivity contribution in [3.05, 3.63) is 35.4 Å². The summed E-state index contributed by atoms with van der Waals surface area (Å²) < 4.78 is 0. The third kappa shape index (κ3) is 2.67. The molecule has 4 nitrogen and oxygen atoms in total. The second-order valence-corrected chi connectivity index (χ2v) is 6.10. The highest BCUT2D eigenvalue weighted by atomic mass is 16.4. The SMILES string of the molecule is CC[C@@H]1C[C@H]1C(=O)N1CCc2ccccc2[C@H]1CC(=O)O. The summed E-state index contributed by atoms with van der Waals surface area (Å²) in [6.07, 6.45) is 2.81. The molecule has 0 spiro atoms. The molecule has 0 aromatic heterocycles. The number of carboxylic acid groups (broad SMARTS) is 1. The Morgan fingerprint density at radius 1 is 1.33 bits per heavy atom. The van der Waals surface area contributed by atoms with E-state index in [4.69, 9.17) is 0 Å². The third-order valence-corrected chi connectivity index (χ3v) is 4.83. The van der Waals surface area contributed by atoms with Crippen LogP contribution in [0.1, 0.15) is 43.4 Å². The van der Waals surface area contributed by atoms with Crippen molar-refractivity contribution in [3.63, 3.8) is 0 Å². The van der Waals surface area contributed by atoms with Gasteiger partial charge in [-0.05, 0) is 29.9 Å². The molecule has 1 amide bonds. The zero-order valence-corrected chi connectivity index (χ0v) is 12.3. The fraction of sp³-hybridized carbons (Fsp3) is 0.529. The topological polar surface area (TPSA) is 57.6 Å². The lowest BCUT2D eigenvalue weighted by Gasteiger charge is -2.37. The highest BCUT2D eigenvalue weighted by Crippen LogP contribution is 2.44. The smallest absolute Gasteiger partial charge is 0.305 e. The van der Waals surface area contributed by atoms with Crippen molar-refractivity contribution in [3.8, 4) is 0 Å². The molecule has 112 valence electrons. The van der Waals surface area contributed by atoms with E-state index >= 15 is 0 Å². The number of carboxylic acids is 1. The van der Waals surface area contributed by atoms with Gasteiger partial charge in [-0.15, -0.1) is 0 Å². The Balaban J connectivity index is 1.86. The molecule has 1 aliphatic carbocycles. The largest absolute Gasteiger partial charge is 0.481 e. The zero-order chi connectivity index (χ0) is 15.0. The summed E-state index contributed by atoms with van der Waals surface area (Å²) in [5.74, 6) is -0.0725. The van der Waals surface area contributed by atoms with Crippen LogP contribution in [-0.2, 0) is 16.0 Å². The van der Waals surface area contributed by atoms with E-state index < -0.39 is 5.97 Å². The summed E-state index contributed by atoms with van der Waals surface area (Å²) in [5.41, 5.74) is 2.18. The van der Waals surface area contributed by atoms with Gasteiger partial charge in [0, 0.05) is 12.5 Å². The Kier molecular flexibility index (Phi) is 3.70. The molecule has 1 N–H and O–H groups in total. The van der Waals surface area contributed by atoms with Crippen LogP contribution in [0.3, 0.4) is 0 Å². The van der Waals surface area contributed by atoms with Crippen molar-refractivity contribution in [2.45, 2.75) is 38.6 Å². The molecule has 2 aliphatic rings. The minimum atomic E-state index is -0.850. The molecule has 3 atom stereocenters. The Bertz CT molecular complexity index is 569.